The van der Waals surface area contributed by atoms with E-state index in [1.807, 2.05) is 0 Å². The van der Waals surface area contributed by atoms with Crippen molar-refractivity contribution in [2.75, 3.05) is 6.54 Å². The fourth-order valence-corrected chi connectivity index (χ4v) is 1.77. The number of carbonyl (C=O) groups is 1. The van der Waals surface area contributed by atoms with Crippen LogP contribution in [0.2, 0.25) is 0 Å². The molecular weight excluding hydrogens is 275 g/mol. The molecule has 1 rings (SSSR count). The van der Waals surface area contributed by atoms with E-state index in [-0.39, 0.29) is 11.7 Å². The smallest absolute Gasteiger partial charge is 0.217 e. The van der Waals surface area contributed by atoms with Crippen LogP contribution < -0.4 is 11.1 Å². The van der Waals surface area contributed by atoms with Gasteiger partial charge in [0.25, 0.3) is 0 Å². The first kappa shape index (κ1) is 13.1. The Bertz CT molecular complexity index is 371. The molecule has 0 saturated carbocycles. The van der Waals surface area contributed by atoms with E-state index >= 15 is 0 Å². The fourth-order valence-electron chi connectivity index (χ4n) is 1.28. The molecule has 0 spiro atoms. The molecule has 0 heterocycles. The number of benzene rings is 1. The predicted octanol–water partition coefficient (Wildman–Crippen LogP) is 1.94. The van der Waals surface area contributed by atoms with Gasteiger partial charge in [-0.15, -0.1) is 0 Å². The first-order chi connectivity index (χ1) is 7.59. The van der Waals surface area contributed by atoms with Crippen LogP contribution in [0.1, 0.15) is 18.4 Å². The summed E-state index contributed by atoms with van der Waals surface area (Å²) in [6.45, 7) is 1.35. The summed E-state index contributed by atoms with van der Waals surface area (Å²) in [5.74, 6) is -0.547. The zero-order chi connectivity index (χ0) is 12.0. The van der Waals surface area contributed by atoms with Crippen molar-refractivity contribution in [3.8, 4) is 0 Å². The molecule has 88 valence electrons. The number of hydrogen-bond donors (Lipinski definition) is 2. The molecule has 0 radical (unpaired) electrons. The second-order valence-electron chi connectivity index (χ2n) is 3.48. The minimum absolute atomic E-state index is 0.260. The Morgan fingerprint density at radius 2 is 2.25 bits per heavy atom. The zero-order valence-corrected chi connectivity index (χ0v) is 10.4. The topological polar surface area (TPSA) is 55.1 Å². The van der Waals surface area contributed by atoms with Crippen LogP contribution in [0.15, 0.2) is 22.7 Å². The van der Waals surface area contributed by atoms with Gasteiger partial charge in [0.05, 0.1) is 0 Å². The summed E-state index contributed by atoms with van der Waals surface area (Å²) in [5, 5.41) is 3.16. The average Bonchev–Trinajstić information content (AvgIpc) is 2.20. The van der Waals surface area contributed by atoms with Crippen LogP contribution in [0.3, 0.4) is 0 Å². The van der Waals surface area contributed by atoms with Gasteiger partial charge in [-0.2, -0.15) is 0 Å². The highest BCUT2D eigenvalue weighted by Gasteiger charge is 2.01. The lowest BCUT2D eigenvalue weighted by atomic mass is 10.2. The highest BCUT2D eigenvalue weighted by molar-refractivity contribution is 9.10. The number of halogens is 2. The predicted molar refractivity (Wildman–Crippen MR) is 64.2 cm³/mol. The number of nitrogens with two attached hydrogens (primary N) is 1. The Morgan fingerprint density at radius 3 is 2.88 bits per heavy atom. The first-order valence-corrected chi connectivity index (χ1v) is 5.82. The molecular formula is C11H14BrFN2O. The maximum atomic E-state index is 12.8. The Labute approximate surface area is 102 Å². The molecule has 1 aromatic carbocycles. The van der Waals surface area contributed by atoms with Gasteiger partial charge in [-0.3, -0.25) is 4.79 Å². The van der Waals surface area contributed by atoms with E-state index in [1.54, 1.807) is 6.07 Å². The molecule has 1 amide bonds. The molecule has 0 atom stereocenters. The summed E-state index contributed by atoms with van der Waals surface area (Å²) < 4.78 is 13.5. The number of hydrogen-bond acceptors (Lipinski definition) is 2. The molecule has 3 N–H and O–H groups in total. The molecule has 5 heteroatoms. The monoisotopic (exact) mass is 288 g/mol. The van der Waals surface area contributed by atoms with Gasteiger partial charge in [-0.05, 0) is 30.7 Å². The normalized spacial score (nSPS) is 10.4. The maximum Gasteiger partial charge on any atom is 0.217 e. The maximum absolute atomic E-state index is 12.8. The van der Waals surface area contributed by atoms with Crippen molar-refractivity contribution >= 4 is 21.8 Å². The van der Waals surface area contributed by atoms with Crippen LogP contribution in [-0.4, -0.2) is 12.5 Å². The van der Waals surface area contributed by atoms with Crippen LogP contribution in [0.4, 0.5) is 4.39 Å². The van der Waals surface area contributed by atoms with E-state index in [0.717, 1.165) is 10.0 Å². The summed E-state index contributed by atoms with van der Waals surface area (Å²) >= 11 is 3.29. The SMILES string of the molecule is NC(=O)CCCNCc1ccc(F)cc1Br. The third kappa shape index (κ3) is 4.72. The molecule has 0 aliphatic heterocycles. The largest absolute Gasteiger partial charge is 0.370 e. The van der Waals surface area contributed by atoms with Crippen LogP contribution in [-0.2, 0) is 11.3 Å². The van der Waals surface area contributed by atoms with Crippen LogP contribution >= 0.6 is 15.9 Å². The molecule has 0 aliphatic carbocycles. The summed E-state index contributed by atoms with van der Waals surface area (Å²) in [6.07, 6.45) is 1.10. The molecule has 0 aromatic heterocycles. The minimum atomic E-state index is -0.287. The molecule has 0 fully saturated rings. The van der Waals surface area contributed by atoms with Crippen molar-refractivity contribution < 1.29 is 9.18 Å². The van der Waals surface area contributed by atoms with Crippen LogP contribution in [0.25, 0.3) is 0 Å². The molecule has 0 aliphatic rings. The molecule has 3 nitrogen and oxygen atoms in total. The standard InChI is InChI=1S/C11H14BrFN2O/c12-10-6-9(13)4-3-8(10)7-15-5-1-2-11(14)16/h3-4,6,15H,1-2,5,7H2,(H2,14,16). The molecule has 0 saturated heterocycles. The van der Waals surface area contributed by atoms with E-state index in [9.17, 15) is 9.18 Å². The second kappa shape index (κ2) is 6.60. The van der Waals surface area contributed by atoms with Gasteiger partial charge in [-0.25, -0.2) is 4.39 Å². The fraction of sp³-hybridized carbons (Fsp3) is 0.364. The van der Waals surface area contributed by atoms with Crippen molar-refractivity contribution in [2.45, 2.75) is 19.4 Å². The quantitative estimate of drug-likeness (QED) is 0.786. The average molecular weight is 289 g/mol. The summed E-state index contributed by atoms with van der Waals surface area (Å²) in [4.78, 5) is 10.5. The van der Waals surface area contributed by atoms with Gasteiger partial charge < -0.3 is 11.1 Å². The zero-order valence-electron chi connectivity index (χ0n) is 8.80. The van der Waals surface area contributed by atoms with Crippen molar-refractivity contribution in [1.82, 2.24) is 5.32 Å². The lowest BCUT2D eigenvalue weighted by Gasteiger charge is -2.06. The third-order valence-electron chi connectivity index (χ3n) is 2.11. The van der Waals surface area contributed by atoms with Crippen LogP contribution in [0, 0.1) is 5.82 Å². The van der Waals surface area contributed by atoms with Crippen LogP contribution in [0.5, 0.6) is 0 Å². The van der Waals surface area contributed by atoms with E-state index in [2.05, 4.69) is 21.2 Å². The van der Waals surface area contributed by atoms with Crippen molar-refractivity contribution in [3.63, 3.8) is 0 Å². The number of primary amides is 1. The van der Waals surface area contributed by atoms with Gasteiger partial charge >= 0.3 is 0 Å². The molecule has 0 bridgehead atoms. The Morgan fingerprint density at radius 1 is 1.50 bits per heavy atom. The van der Waals surface area contributed by atoms with Crippen molar-refractivity contribution in [3.05, 3.63) is 34.1 Å². The van der Waals surface area contributed by atoms with Gasteiger partial charge in [0.15, 0.2) is 0 Å². The molecule has 1 aromatic rings. The highest BCUT2D eigenvalue weighted by Crippen LogP contribution is 2.17. The van der Waals surface area contributed by atoms with Gasteiger partial charge in [0, 0.05) is 17.4 Å². The van der Waals surface area contributed by atoms with E-state index < -0.39 is 0 Å². The third-order valence-corrected chi connectivity index (χ3v) is 2.85. The summed E-state index contributed by atoms with van der Waals surface area (Å²) in [7, 11) is 0. The highest BCUT2D eigenvalue weighted by atomic mass is 79.9. The number of rotatable bonds is 6. The number of nitrogens with one attached hydrogen (secondary N) is 1. The van der Waals surface area contributed by atoms with E-state index in [4.69, 9.17) is 5.73 Å². The van der Waals surface area contributed by atoms with Crippen molar-refractivity contribution in [2.24, 2.45) is 5.73 Å². The molecule has 16 heavy (non-hydrogen) atoms. The van der Waals surface area contributed by atoms with E-state index in [0.29, 0.717) is 25.9 Å². The van der Waals surface area contributed by atoms with Gasteiger partial charge in [0.2, 0.25) is 5.91 Å². The Balaban J connectivity index is 2.29. The molecule has 0 unspecified atom stereocenters. The van der Waals surface area contributed by atoms with Gasteiger partial charge in [-0.1, -0.05) is 22.0 Å². The van der Waals surface area contributed by atoms with E-state index in [1.165, 1.54) is 12.1 Å². The lowest BCUT2D eigenvalue weighted by Crippen LogP contribution is -2.18. The Kier molecular flexibility index (Phi) is 5.42. The summed E-state index contributed by atoms with van der Waals surface area (Å²) in [6, 6.07) is 4.58. The second-order valence-corrected chi connectivity index (χ2v) is 4.34. The number of amides is 1. The first-order valence-electron chi connectivity index (χ1n) is 5.02. The number of carbonyl (C=O) groups excluding carboxylic acids is 1. The van der Waals surface area contributed by atoms with Crippen molar-refractivity contribution in [1.29, 1.82) is 0 Å². The van der Waals surface area contributed by atoms with Gasteiger partial charge in [0.1, 0.15) is 5.82 Å². The minimum Gasteiger partial charge on any atom is -0.370 e. The Hall–Kier alpha value is -0.940. The summed E-state index contributed by atoms with van der Waals surface area (Å²) in [5.41, 5.74) is 6.00. The lowest BCUT2D eigenvalue weighted by molar-refractivity contribution is -0.118.